The van der Waals surface area contributed by atoms with Crippen molar-refractivity contribution in [1.82, 2.24) is 5.32 Å². The fraction of sp³-hybridized carbons (Fsp3) is 0.263. The van der Waals surface area contributed by atoms with Gasteiger partial charge in [-0.3, -0.25) is 19.7 Å². The summed E-state index contributed by atoms with van der Waals surface area (Å²) in [6, 6.07) is 12.7. The third-order valence-electron chi connectivity index (χ3n) is 4.39. The first-order valence-corrected chi connectivity index (χ1v) is 8.43. The normalized spacial score (nSPS) is 16.3. The highest BCUT2D eigenvalue weighted by Gasteiger charge is 2.31. The number of ether oxygens (including phenoxy) is 1. The monoisotopic (exact) mass is 369 g/mol. The van der Waals surface area contributed by atoms with Crippen LogP contribution in [0, 0.1) is 10.1 Å². The molecule has 140 valence electrons. The van der Waals surface area contributed by atoms with Crippen molar-refractivity contribution in [2.45, 2.75) is 18.9 Å². The molecule has 1 aliphatic rings. The summed E-state index contributed by atoms with van der Waals surface area (Å²) in [5, 5.41) is 13.5. The van der Waals surface area contributed by atoms with E-state index in [1.165, 1.54) is 12.1 Å². The summed E-state index contributed by atoms with van der Waals surface area (Å²) in [5.74, 6) is 0.428. The molecule has 2 amide bonds. The first-order valence-electron chi connectivity index (χ1n) is 8.43. The van der Waals surface area contributed by atoms with Gasteiger partial charge in [0.2, 0.25) is 11.8 Å². The van der Waals surface area contributed by atoms with Crippen molar-refractivity contribution >= 4 is 23.2 Å². The molecule has 2 aromatic carbocycles. The third-order valence-corrected chi connectivity index (χ3v) is 4.39. The number of rotatable bonds is 6. The van der Waals surface area contributed by atoms with Crippen LogP contribution in [-0.4, -0.2) is 36.4 Å². The van der Waals surface area contributed by atoms with Gasteiger partial charge in [0.1, 0.15) is 5.75 Å². The molecule has 2 aromatic rings. The van der Waals surface area contributed by atoms with Gasteiger partial charge in [0.25, 0.3) is 5.69 Å². The van der Waals surface area contributed by atoms with Crippen LogP contribution in [0.15, 0.2) is 48.5 Å². The van der Waals surface area contributed by atoms with Crippen molar-refractivity contribution in [1.29, 1.82) is 0 Å². The average molecular weight is 369 g/mol. The second kappa shape index (κ2) is 7.86. The summed E-state index contributed by atoms with van der Waals surface area (Å²) in [7, 11) is 1.58. The van der Waals surface area contributed by atoms with E-state index in [0.29, 0.717) is 17.9 Å². The number of hydrogen-bond donors (Lipinski definition) is 1. The number of nitro benzene ring substituents is 1. The summed E-state index contributed by atoms with van der Waals surface area (Å²) in [4.78, 5) is 36.3. The predicted molar refractivity (Wildman–Crippen MR) is 98.7 cm³/mol. The largest absolute Gasteiger partial charge is 0.497 e. The van der Waals surface area contributed by atoms with Gasteiger partial charge in [0.15, 0.2) is 0 Å². The van der Waals surface area contributed by atoms with Crippen LogP contribution in [-0.2, 0) is 16.0 Å². The zero-order valence-electron chi connectivity index (χ0n) is 14.8. The minimum Gasteiger partial charge on any atom is -0.497 e. The van der Waals surface area contributed by atoms with Crippen molar-refractivity contribution in [3.05, 3.63) is 64.2 Å². The number of benzene rings is 2. The maximum Gasteiger partial charge on any atom is 0.269 e. The molecule has 0 aliphatic carbocycles. The number of hydrogen-bond acceptors (Lipinski definition) is 5. The lowest BCUT2D eigenvalue weighted by Crippen LogP contribution is -2.38. The average Bonchev–Trinajstić information content (AvgIpc) is 3.02. The highest BCUT2D eigenvalue weighted by Crippen LogP contribution is 2.24. The van der Waals surface area contributed by atoms with Gasteiger partial charge >= 0.3 is 0 Å². The molecule has 1 atom stereocenters. The highest BCUT2D eigenvalue weighted by atomic mass is 16.6. The molecule has 0 bridgehead atoms. The molecule has 8 heteroatoms. The Labute approximate surface area is 155 Å². The third kappa shape index (κ3) is 4.41. The van der Waals surface area contributed by atoms with Crippen LogP contribution in [0.4, 0.5) is 11.4 Å². The van der Waals surface area contributed by atoms with Gasteiger partial charge in [0.05, 0.1) is 24.5 Å². The van der Waals surface area contributed by atoms with E-state index in [1.807, 2.05) is 0 Å². The number of carbonyl (C=O) groups is 2. The molecule has 1 N–H and O–H groups in total. The minimum absolute atomic E-state index is 0.0179. The zero-order valence-corrected chi connectivity index (χ0v) is 14.8. The Morgan fingerprint density at radius 1 is 1.22 bits per heavy atom. The molecule has 0 radical (unpaired) electrons. The SMILES string of the molecule is COc1ccc(N2CC(NC(=O)Cc3ccc([N+](=O)[O-])cc3)CC2=O)cc1. The summed E-state index contributed by atoms with van der Waals surface area (Å²) < 4.78 is 5.11. The summed E-state index contributed by atoms with van der Waals surface area (Å²) in [6.45, 7) is 0.400. The molecule has 8 nitrogen and oxygen atoms in total. The molecule has 1 fully saturated rings. The topological polar surface area (TPSA) is 102 Å². The van der Waals surface area contributed by atoms with Gasteiger partial charge in [-0.05, 0) is 29.8 Å². The first-order chi connectivity index (χ1) is 13.0. The Bertz CT molecular complexity index is 849. The van der Waals surface area contributed by atoms with Crippen LogP contribution in [0.25, 0.3) is 0 Å². The summed E-state index contributed by atoms with van der Waals surface area (Å²) in [6.07, 6.45) is 0.337. The van der Waals surface area contributed by atoms with Gasteiger partial charge in [-0.2, -0.15) is 0 Å². The lowest BCUT2D eigenvalue weighted by atomic mass is 10.1. The quantitative estimate of drug-likeness (QED) is 0.620. The molecule has 0 saturated carbocycles. The van der Waals surface area contributed by atoms with Crippen LogP contribution in [0.1, 0.15) is 12.0 Å². The Morgan fingerprint density at radius 3 is 2.48 bits per heavy atom. The number of carbonyl (C=O) groups excluding carboxylic acids is 2. The molecular weight excluding hydrogens is 350 g/mol. The van der Waals surface area contributed by atoms with Crippen molar-refractivity contribution < 1.29 is 19.2 Å². The lowest BCUT2D eigenvalue weighted by molar-refractivity contribution is -0.384. The fourth-order valence-corrected chi connectivity index (χ4v) is 3.02. The fourth-order valence-electron chi connectivity index (χ4n) is 3.02. The maximum absolute atomic E-state index is 12.3. The number of non-ortho nitro benzene ring substituents is 1. The molecule has 0 aromatic heterocycles. The van der Waals surface area contributed by atoms with Crippen LogP contribution in [0.5, 0.6) is 5.75 Å². The Hall–Kier alpha value is -3.42. The highest BCUT2D eigenvalue weighted by molar-refractivity contribution is 5.97. The van der Waals surface area contributed by atoms with E-state index in [-0.39, 0.29) is 36.4 Å². The van der Waals surface area contributed by atoms with Gasteiger partial charge in [-0.25, -0.2) is 0 Å². The number of nitro groups is 1. The van der Waals surface area contributed by atoms with E-state index in [0.717, 1.165) is 5.69 Å². The van der Waals surface area contributed by atoms with E-state index in [1.54, 1.807) is 48.4 Å². The Kier molecular flexibility index (Phi) is 5.35. The smallest absolute Gasteiger partial charge is 0.269 e. The van der Waals surface area contributed by atoms with E-state index in [4.69, 9.17) is 4.74 Å². The van der Waals surface area contributed by atoms with Gasteiger partial charge < -0.3 is 15.0 Å². The van der Waals surface area contributed by atoms with Crippen LogP contribution in [0.2, 0.25) is 0 Å². The second-order valence-electron chi connectivity index (χ2n) is 6.27. The summed E-state index contributed by atoms with van der Waals surface area (Å²) in [5.41, 5.74) is 1.41. The molecule has 1 saturated heterocycles. The number of amides is 2. The van der Waals surface area contributed by atoms with E-state index in [2.05, 4.69) is 5.32 Å². The molecular formula is C19H19N3O5. The van der Waals surface area contributed by atoms with Crippen molar-refractivity contribution in [3.8, 4) is 5.75 Å². The molecule has 27 heavy (non-hydrogen) atoms. The molecule has 1 heterocycles. The standard InChI is InChI=1S/C19H19N3O5/c1-27-17-8-6-15(7-9-17)21-12-14(11-19(21)24)20-18(23)10-13-2-4-16(5-3-13)22(25)26/h2-9,14H,10-12H2,1H3,(H,20,23). The Morgan fingerprint density at radius 2 is 1.89 bits per heavy atom. The lowest BCUT2D eigenvalue weighted by Gasteiger charge is -2.17. The van der Waals surface area contributed by atoms with Crippen molar-refractivity contribution in [2.75, 3.05) is 18.6 Å². The zero-order chi connectivity index (χ0) is 19.4. The minimum atomic E-state index is -0.484. The van der Waals surface area contributed by atoms with E-state index >= 15 is 0 Å². The van der Waals surface area contributed by atoms with Crippen molar-refractivity contribution in [2.24, 2.45) is 0 Å². The number of nitrogens with one attached hydrogen (secondary N) is 1. The van der Waals surface area contributed by atoms with Crippen molar-refractivity contribution in [3.63, 3.8) is 0 Å². The Balaban J connectivity index is 1.57. The van der Waals surface area contributed by atoms with Crippen LogP contribution < -0.4 is 15.0 Å². The van der Waals surface area contributed by atoms with Gasteiger partial charge in [0, 0.05) is 30.8 Å². The van der Waals surface area contributed by atoms with Crippen LogP contribution in [0.3, 0.4) is 0 Å². The van der Waals surface area contributed by atoms with Gasteiger partial charge in [-0.1, -0.05) is 12.1 Å². The molecule has 0 spiro atoms. The summed E-state index contributed by atoms with van der Waals surface area (Å²) >= 11 is 0. The molecule has 1 aliphatic heterocycles. The number of nitrogens with zero attached hydrogens (tertiary/aromatic N) is 2. The maximum atomic E-state index is 12.3. The van der Waals surface area contributed by atoms with Crippen LogP contribution >= 0.6 is 0 Å². The number of anilines is 1. The second-order valence-corrected chi connectivity index (χ2v) is 6.27. The first kappa shape index (κ1) is 18.4. The van der Waals surface area contributed by atoms with E-state index in [9.17, 15) is 19.7 Å². The predicted octanol–water partition coefficient (Wildman–Crippen LogP) is 2.07. The van der Waals surface area contributed by atoms with E-state index < -0.39 is 4.92 Å². The molecule has 3 rings (SSSR count). The van der Waals surface area contributed by atoms with Gasteiger partial charge in [-0.15, -0.1) is 0 Å². The molecule has 1 unspecified atom stereocenters. The number of methoxy groups -OCH3 is 1.